The molecule has 2 heterocycles. The van der Waals surface area contributed by atoms with E-state index in [4.69, 9.17) is 21.7 Å². The normalized spacial score (nSPS) is 10.9. The maximum absolute atomic E-state index is 12.5. The SMILES string of the molecule is CCOc1ccc(-c2n[nH]c(=S)n2CCC(=O)Nc2nc3c(OC)cccc3s2)cc1. The van der Waals surface area contributed by atoms with E-state index in [1.54, 1.807) is 7.11 Å². The summed E-state index contributed by atoms with van der Waals surface area (Å²) in [7, 11) is 1.60. The number of hydrogen-bond acceptors (Lipinski definition) is 7. The molecule has 2 aromatic carbocycles. The number of methoxy groups -OCH3 is 1. The van der Waals surface area contributed by atoms with Gasteiger partial charge in [-0.15, -0.1) is 0 Å². The van der Waals surface area contributed by atoms with Gasteiger partial charge in [-0.05, 0) is 55.5 Å². The summed E-state index contributed by atoms with van der Waals surface area (Å²) in [5.74, 6) is 1.99. The van der Waals surface area contributed by atoms with Gasteiger partial charge < -0.3 is 14.8 Å². The zero-order valence-corrected chi connectivity index (χ0v) is 18.7. The molecule has 2 aromatic heterocycles. The van der Waals surface area contributed by atoms with Crippen LogP contribution in [0.4, 0.5) is 5.13 Å². The van der Waals surface area contributed by atoms with Crippen LogP contribution in [0.25, 0.3) is 21.6 Å². The Hall–Kier alpha value is -3.24. The van der Waals surface area contributed by atoms with E-state index in [0.717, 1.165) is 21.5 Å². The largest absolute Gasteiger partial charge is 0.494 e. The number of aromatic nitrogens is 4. The highest BCUT2D eigenvalue weighted by molar-refractivity contribution is 7.71. The van der Waals surface area contributed by atoms with Crippen molar-refractivity contribution in [3.8, 4) is 22.9 Å². The van der Waals surface area contributed by atoms with E-state index in [0.29, 0.717) is 34.6 Å². The Morgan fingerprint density at radius 1 is 1.26 bits per heavy atom. The second kappa shape index (κ2) is 9.27. The van der Waals surface area contributed by atoms with Crippen molar-refractivity contribution >= 4 is 44.8 Å². The molecule has 31 heavy (non-hydrogen) atoms. The zero-order chi connectivity index (χ0) is 21.8. The van der Waals surface area contributed by atoms with Crippen molar-refractivity contribution in [2.75, 3.05) is 19.0 Å². The molecule has 1 amide bonds. The van der Waals surface area contributed by atoms with Gasteiger partial charge in [0, 0.05) is 18.5 Å². The van der Waals surface area contributed by atoms with Crippen LogP contribution in [0.2, 0.25) is 0 Å². The molecule has 0 fully saturated rings. The lowest BCUT2D eigenvalue weighted by Gasteiger charge is -2.08. The van der Waals surface area contributed by atoms with Gasteiger partial charge in [0.15, 0.2) is 15.7 Å². The van der Waals surface area contributed by atoms with Crippen molar-refractivity contribution in [1.29, 1.82) is 0 Å². The highest BCUT2D eigenvalue weighted by Crippen LogP contribution is 2.32. The molecular formula is C21H21N5O3S2. The smallest absolute Gasteiger partial charge is 0.227 e. The van der Waals surface area contributed by atoms with Gasteiger partial charge in [0.25, 0.3) is 0 Å². The first-order chi connectivity index (χ1) is 15.1. The monoisotopic (exact) mass is 455 g/mol. The lowest BCUT2D eigenvalue weighted by atomic mass is 10.2. The first-order valence-corrected chi connectivity index (χ1v) is 10.9. The van der Waals surface area contributed by atoms with Gasteiger partial charge in [0.2, 0.25) is 5.91 Å². The summed E-state index contributed by atoms with van der Waals surface area (Å²) in [6.07, 6.45) is 0.227. The third kappa shape index (κ3) is 4.59. The maximum atomic E-state index is 12.5. The minimum Gasteiger partial charge on any atom is -0.494 e. The molecule has 10 heteroatoms. The number of thiazole rings is 1. The fourth-order valence-electron chi connectivity index (χ4n) is 3.15. The van der Waals surface area contributed by atoms with Gasteiger partial charge in [-0.2, -0.15) is 5.10 Å². The zero-order valence-electron chi connectivity index (χ0n) is 17.0. The van der Waals surface area contributed by atoms with Crippen molar-refractivity contribution < 1.29 is 14.3 Å². The van der Waals surface area contributed by atoms with Crippen LogP contribution in [0.15, 0.2) is 42.5 Å². The van der Waals surface area contributed by atoms with Gasteiger partial charge in [-0.25, -0.2) is 4.98 Å². The van der Waals surface area contributed by atoms with Crippen molar-refractivity contribution in [2.45, 2.75) is 19.9 Å². The van der Waals surface area contributed by atoms with Crippen LogP contribution in [0.3, 0.4) is 0 Å². The molecule has 0 aliphatic heterocycles. The van der Waals surface area contributed by atoms with Crippen LogP contribution < -0.4 is 14.8 Å². The summed E-state index contributed by atoms with van der Waals surface area (Å²) in [6.45, 7) is 2.93. The first-order valence-electron chi connectivity index (χ1n) is 9.71. The lowest BCUT2D eigenvalue weighted by molar-refractivity contribution is -0.116. The van der Waals surface area contributed by atoms with E-state index in [9.17, 15) is 4.79 Å². The number of rotatable bonds is 8. The Bertz CT molecular complexity index is 1260. The van der Waals surface area contributed by atoms with Gasteiger partial charge in [0.05, 0.1) is 18.4 Å². The molecule has 0 atom stereocenters. The molecule has 0 unspecified atom stereocenters. The predicted molar refractivity (Wildman–Crippen MR) is 123 cm³/mol. The van der Waals surface area contributed by atoms with E-state index in [1.165, 1.54) is 11.3 Å². The molecule has 0 aliphatic carbocycles. The molecule has 0 bridgehead atoms. The van der Waals surface area contributed by atoms with Crippen molar-refractivity contribution in [1.82, 2.24) is 19.7 Å². The Balaban J connectivity index is 1.45. The predicted octanol–water partition coefficient (Wildman–Crippen LogP) is 4.65. The third-order valence-electron chi connectivity index (χ3n) is 4.59. The highest BCUT2D eigenvalue weighted by Gasteiger charge is 2.14. The van der Waals surface area contributed by atoms with E-state index < -0.39 is 0 Å². The number of anilines is 1. The average Bonchev–Trinajstić information content (AvgIpc) is 3.35. The van der Waals surface area contributed by atoms with Crippen LogP contribution in [-0.4, -0.2) is 39.4 Å². The number of nitrogens with one attached hydrogen (secondary N) is 2. The minimum absolute atomic E-state index is 0.154. The number of aromatic amines is 1. The van der Waals surface area contributed by atoms with E-state index >= 15 is 0 Å². The third-order valence-corrected chi connectivity index (χ3v) is 5.84. The summed E-state index contributed by atoms with van der Waals surface area (Å²) in [5.41, 5.74) is 1.62. The van der Waals surface area contributed by atoms with E-state index in [-0.39, 0.29) is 12.3 Å². The number of ether oxygens (including phenoxy) is 2. The molecule has 0 spiro atoms. The molecular weight excluding hydrogens is 434 g/mol. The fraction of sp³-hybridized carbons (Fsp3) is 0.238. The molecule has 0 saturated carbocycles. The van der Waals surface area contributed by atoms with Crippen LogP contribution in [0, 0.1) is 4.77 Å². The summed E-state index contributed by atoms with van der Waals surface area (Å²) in [4.78, 5) is 17.0. The average molecular weight is 456 g/mol. The standard InChI is InChI=1S/C21H21N5O3S2/c1-3-29-14-9-7-13(8-10-14)19-24-25-21(30)26(19)12-11-17(27)22-20-23-18-15(28-2)5-4-6-16(18)31-20/h4-10H,3,11-12H2,1-2H3,(H,25,30)(H,22,23,27). The molecule has 2 N–H and O–H groups in total. The van der Waals surface area contributed by atoms with Crippen molar-refractivity contribution in [3.63, 3.8) is 0 Å². The first kappa shape index (κ1) is 21.0. The number of carbonyl (C=O) groups is 1. The number of fused-ring (bicyclic) bond motifs is 1. The summed E-state index contributed by atoms with van der Waals surface area (Å²) >= 11 is 6.76. The van der Waals surface area contributed by atoms with Crippen molar-refractivity contribution in [3.05, 3.63) is 47.2 Å². The van der Waals surface area contributed by atoms with Crippen LogP contribution in [0.1, 0.15) is 13.3 Å². The number of para-hydroxylation sites is 1. The number of nitrogens with zero attached hydrogens (tertiary/aromatic N) is 3. The number of carbonyl (C=O) groups excluding carboxylic acids is 1. The summed E-state index contributed by atoms with van der Waals surface area (Å²) < 4.78 is 14.0. The molecule has 8 nitrogen and oxygen atoms in total. The van der Waals surface area contributed by atoms with E-state index in [1.807, 2.05) is 54.0 Å². The second-order valence-electron chi connectivity index (χ2n) is 6.59. The van der Waals surface area contributed by atoms with Gasteiger partial charge in [-0.3, -0.25) is 14.5 Å². The Labute approximate surface area is 187 Å². The van der Waals surface area contributed by atoms with E-state index in [2.05, 4.69) is 20.5 Å². The number of hydrogen-bond donors (Lipinski definition) is 2. The molecule has 4 aromatic rings. The molecule has 0 aliphatic rings. The Morgan fingerprint density at radius 2 is 2.06 bits per heavy atom. The van der Waals surface area contributed by atoms with Gasteiger partial charge >= 0.3 is 0 Å². The van der Waals surface area contributed by atoms with Crippen molar-refractivity contribution in [2.24, 2.45) is 0 Å². The number of amides is 1. The van der Waals surface area contributed by atoms with Crippen LogP contribution in [0.5, 0.6) is 11.5 Å². The van der Waals surface area contributed by atoms with Crippen LogP contribution >= 0.6 is 23.6 Å². The number of benzene rings is 2. The highest BCUT2D eigenvalue weighted by atomic mass is 32.1. The molecule has 0 radical (unpaired) electrons. The second-order valence-corrected chi connectivity index (χ2v) is 8.00. The Morgan fingerprint density at radius 3 is 2.81 bits per heavy atom. The molecule has 4 rings (SSSR count). The molecule has 0 saturated heterocycles. The van der Waals surface area contributed by atoms with Crippen LogP contribution in [-0.2, 0) is 11.3 Å². The Kier molecular flexibility index (Phi) is 6.28. The quantitative estimate of drug-likeness (QED) is 0.376. The topological polar surface area (TPSA) is 94.1 Å². The van der Waals surface area contributed by atoms with Gasteiger partial charge in [-0.1, -0.05) is 17.4 Å². The number of H-pyrrole nitrogens is 1. The summed E-state index contributed by atoms with van der Waals surface area (Å²) in [6, 6.07) is 13.3. The maximum Gasteiger partial charge on any atom is 0.227 e. The fourth-order valence-corrected chi connectivity index (χ4v) is 4.27. The van der Waals surface area contributed by atoms with Gasteiger partial charge in [0.1, 0.15) is 17.0 Å². The molecule has 160 valence electrons. The summed E-state index contributed by atoms with van der Waals surface area (Å²) in [5, 5.41) is 10.5. The minimum atomic E-state index is -0.154. The lowest BCUT2D eigenvalue weighted by Crippen LogP contribution is -2.15.